The molecule has 0 aliphatic carbocycles. The summed E-state index contributed by atoms with van der Waals surface area (Å²) in [5, 5.41) is 3.24. The largest absolute Gasteiger partial charge is 0.365 e. The van der Waals surface area contributed by atoms with Crippen molar-refractivity contribution < 1.29 is 9.53 Å². The Morgan fingerprint density at radius 2 is 2.07 bits per heavy atom. The first-order valence-electron chi connectivity index (χ1n) is 9.34. The SMILES string of the molecule is Cn1c(N2CCOC(C(=O)N3CCNCC3)C2)nc(-c2ccncn2)cc1=O. The molecule has 2 aromatic rings. The third-order valence-corrected chi connectivity index (χ3v) is 5.01. The summed E-state index contributed by atoms with van der Waals surface area (Å²) in [5.41, 5.74) is 0.878. The molecule has 1 unspecified atom stereocenters. The van der Waals surface area contributed by atoms with E-state index in [0.717, 1.165) is 13.1 Å². The number of amides is 1. The van der Waals surface area contributed by atoms with E-state index in [0.29, 0.717) is 50.1 Å². The summed E-state index contributed by atoms with van der Waals surface area (Å²) in [5.74, 6) is 0.491. The highest BCUT2D eigenvalue weighted by Crippen LogP contribution is 2.19. The minimum Gasteiger partial charge on any atom is -0.365 e. The van der Waals surface area contributed by atoms with E-state index in [4.69, 9.17) is 4.74 Å². The predicted molar refractivity (Wildman–Crippen MR) is 102 cm³/mol. The van der Waals surface area contributed by atoms with Gasteiger partial charge in [0.15, 0.2) is 6.10 Å². The second-order valence-electron chi connectivity index (χ2n) is 6.81. The maximum Gasteiger partial charge on any atom is 0.255 e. The molecule has 2 saturated heterocycles. The second kappa shape index (κ2) is 8.03. The van der Waals surface area contributed by atoms with E-state index in [1.54, 1.807) is 19.3 Å². The molecule has 10 nitrogen and oxygen atoms in total. The number of nitrogens with one attached hydrogen (secondary N) is 1. The Labute approximate surface area is 162 Å². The Kier molecular flexibility index (Phi) is 5.31. The van der Waals surface area contributed by atoms with Crippen LogP contribution in [0.3, 0.4) is 0 Å². The van der Waals surface area contributed by atoms with Gasteiger partial charge in [-0.1, -0.05) is 0 Å². The van der Waals surface area contributed by atoms with Crippen LogP contribution in [0.1, 0.15) is 0 Å². The highest BCUT2D eigenvalue weighted by atomic mass is 16.5. The van der Waals surface area contributed by atoms with Gasteiger partial charge >= 0.3 is 0 Å². The van der Waals surface area contributed by atoms with Crippen LogP contribution in [0, 0.1) is 0 Å². The van der Waals surface area contributed by atoms with Crippen LogP contribution in [0.4, 0.5) is 5.95 Å². The van der Waals surface area contributed by atoms with E-state index in [-0.39, 0.29) is 11.5 Å². The van der Waals surface area contributed by atoms with Crippen molar-refractivity contribution in [3.8, 4) is 11.4 Å². The van der Waals surface area contributed by atoms with E-state index in [1.165, 1.54) is 17.0 Å². The van der Waals surface area contributed by atoms with Gasteiger partial charge in [0.2, 0.25) is 5.95 Å². The van der Waals surface area contributed by atoms with Crippen LogP contribution in [-0.2, 0) is 16.6 Å². The molecule has 4 heterocycles. The van der Waals surface area contributed by atoms with E-state index >= 15 is 0 Å². The van der Waals surface area contributed by atoms with Crippen molar-refractivity contribution in [1.29, 1.82) is 0 Å². The number of piperazine rings is 1. The molecule has 4 rings (SSSR count). The van der Waals surface area contributed by atoms with E-state index in [1.807, 2.05) is 9.80 Å². The van der Waals surface area contributed by atoms with Gasteiger partial charge in [0.25, 0.3) is 11.5 Å². The topological polar surface area (TPSA) is 105 Å². The Morgan fingerprint density at radius 1 is 1.25 bits per heavy atom. The van der Waals surface area contributed by atoms with Crippen LogP contribution in [0.2, 0.25) is 0 Å². The smallest absolute Gasteiger partial charge is 0.255 e. The lowest BCUT2D eigenvalue weighted by Crippen LogP contribution is -2.55. The first kappa shape index (κ1) is 18.5. The lowest BCUT2D eigenvalue weighted by Gasteiger charge is -2.37. The number of ether oxygens (including phenoxy) is 1. The molecule has 0 saturated carbocycles. The Morgan fingerprint density at radius 3 is 2.82 bits per heavy atom. The number of anilines is 1. The molecule has 148 valence electrons. The fourth-order valence-electron chi connectivity index (χ4n) is 3.45. The normalized spacial score (nSPS) is 20.2. The Bertz CT molecular complexity index is 896. The molecular formula is C18H23N7O3. The lowest BCUT2D eigenvalue weighted by atomic mass is 10.2. The Balaban J connectivity index is 1.58. The molecule has 2 aliphatic rings. The maximum atomic E-state index is 12.8. The van der Waals surface area contributed by atoms with Gasteiger partial charge in [0.1, 0.15) is 6.33 Å². The molecule has 1 amide bonds. The van der Waals surface area contributed by atoms with Crippen molar-refractivity contribution in [2.45, 2.75) is 6.10 Å². The minimum atomic E-state index is -0.563. The quantitative estimate of drug-likeness (QED) is 0.708. The molecule has 10 heteroatoms. The highest BCUT2D eigenvalue weighted by Gasteiger charge is 2.32. The molecule has 2 fully saturated rings. The zero-order chi connectivity index (χ0) is 19.5. The molecule has 2 aromatic heterocycles. The number of aromatic nitrogens is 4. The fourth-order valence-corrected chi connectivity index (χ4v) is 3.45. The van der Waals surface area contributed by atoms with Crippen LogP contribution < -0.4 is 15.8 Å². The van der Waals surface area contributed by atoms with Crippen molar-refractivity contribution in [3.05, 3.63) is 35.0 Å². The molecule has 0 aromatic carbocycles. The zero-order valence-corrected chi connectivity index (χ0v) is 15.7. The van der Waals surface area contributed by atoms with Gasteiger partial charge < -0.3 is 19.9 Å². The third kappa shape index (κ3) is 3.73. The average Bonchev–Trinajstić information content (AvgIpc) is 2.76. The van der Waals surface area contributed by atoms with Gasteiger partial charge in [-0.25, -0.2) is 15.0 Å². The van der Waals surface area contributed by atoms with Gasteiger partial charge in [0.05, 0.1) is 24.5 Å². The predicted octanol–water partition coefficient (Wildman–Crippen LogP) is -1.13. The van der Waals surface area contributed by atoms with E-state index in [2.05, 4.69) is 20.3 Å². The average molecular weight is 385 g/mol. The van der Waals surface area contributed by atoms with Crippen molar-refractivity contribution >= 4 is 11.9 Å². The Hall–Kier alpha value is -2.85. The van der Waals surface area contributed by atoms with Crippen molar-refractivity contribution in [2.24, 2.45) is 7.05 Å². The zero-order valence-electron chi connectivity index (χ0n) is 15.7. The lowest BCUT2D eigenvalue weighted by molar-refractivity contribution is -0.145. The van der Waals surface area contributed by atoms with Gasteiger partial charge in [-0.3, -0.25) is 14.2 Å². The van der Waals surface area contributed by atoms with Crippen LogP contribution in [0.25, 0.3) is 11.4 Å². The number of carbonyl (C=O) groups excluding carboxylic acids is 1. The van der Waals surface area contributed by atoms with Crippen LogP contribution >= 0.6 is 0 Å². The van der Waals surface area contributed by atoms with E-state index < -0.39 is 6.10 Å². The van der Waals surface area contributed by atoms with Gasteiger partial charge in [-0.2, -0.15) is 0 Å². The summed E-state index contributed by atoms with van der Waals surface area (Å²) < 4.78 is 7.23. The molecule has 0 radical (unpaired) electrons. The van der Waals surface area contributed by atoms with Crippen molar-refractivity contribution in [2.75, 3.05) is 50.8 Å². The molecular weight excluding hydrogens is 362 g/mol. The molecule has 2 aliphatic heterocycles. The van der Waals surface area contributed by atoms with Gasteiger partial charge in [-0.15, -0.1) is 0 Å². The first-order chi connectivity index (χ1) is 13.6. The number of hydrogen-bond donors (Lipinski definition) is 1. The van der Waals surface area contributed by atoms with Crippen LogP contribution in [0.5, 0.6) is 0 Å². The van der Waals surface area contributed by atoms with Crippen LogP contribution in [0.15, 0.2) is 29.5 Å². The summed E-state index contributed by atoms with van der Waals surface area (Å²) in [6.07, 6.45) is 2.47. The molecule has 28 heavy (non-hydrogen) atoms. The second-order valence-corrected chi connectivity index (χ2v) is 6.81. The number of nitrogens with zero attached hydrogens (tertiary/aromatic N) is 6. The van der Waals surface area contributed by atoms with Gasteiger partial charge in [0, 0.05) is 52.0 Å². The minimum absolute atomic E-state index is 0.0110. The number of rotatable bonds is 3. The summed E-state index contributed by atoms with van der Waals surface area (Å²) in [4.78, 5) is 41.8. The molecule has 1 atom stereocenters. The monoisotopic (exact) mass is 385 g/mol. The molecule has 0 spiro atoms. The van der Waals surface area contributed by atoms with Gasteiger partial charge in [-0.05, 0) is 6.07 Å². The fraction of sp³-hybridized carbons (Fsp3) is 0.500. The highest BCUT2D eigenvalue weighted by molar-refractivity contribution is 5.82. The number of morpholine rings is 1. The summed E-state index contributed by atoms with van der Waals surface area (Å²) in [6, 6.07) is 3.16. The van der Waals surface area contributed by atoms with E-state index in [9.17, 15) is 9.59 Å². The first-order valence-corrected chi connectivity index (χ1v) is 9.34. The summed E-state index contributed by atoms with van der Waals surface area (Å²) >= 11 is 0. The van der Waals surface area contributed by atoms with Crippen molar-refractivity contribution in [1.82, 2.24) is 29.7 Å². The van der Waals surface area contributed by atoms with Crippen LogP contribution in [-0.4, -0.2) is 82.3 Å². The molecule has 1 N–H and O–H groups in total. The number of hydrogen-bond acceptors (Lipinski definition) is 8. The summed E-state index contributed by atoms with van der Waals surface area (Å²) in [6.45, 7) is 4.25. The summed E-state index contributed by atoms with van der Waals surface area (Å²) in [7, 11) is 1.68. The third-order valence-electron chi connectivity index (χ3n) is 5.01. The standard InChI is InChI=1S/C18H23N7O3/c1-23-16(26)10-14(13-2-3-20-12-21-13)22-18(23)25-8-9-28-15(11-25)17(27)24-6-4-19-5-7-24/h2-3,10,12,15,19H,4-9,11H2,1H3. The molecule has 0 bridgehead atoms. The number of carbonyl (C=O) groups is 1. The van der Waals surface area contributed by atoms with Crippen molar-refractivity contribution in [3.63, 3.8) is 0 Å². The maximum absolute atomic E-state index is 12.8.